The summed E-state index contributed by atoms with van der Waals surface area (Å²) in [5.41, 5.74) is 5.66. The van der Waals surface area contributed by atoms with E-state index >= 15 is 0 Å². The minimum absolute atomic E-state index is 0.143. The van der Waals surface area contributed by atoms with Gasteiger partial charge in [-0.25, -0.2) is 4.98 Å². The lowest BCUT2D eigenvalue weighted by Gasteiger charge is -2.49. The summed E-state index contributed by atoms with van der Waals surface area (Å²) in [4.78, 5) is 10.8. The Kier molecular flexibility index (Phi) is 3.10. The standard InChI is InChI=1S/C14H20N4OS/c1-4-7-5-8-11(17-13(15)18-12(8)20-7)16-9-6-10(19)14(9,2)3/h5,9-10,19H,4,6H2,1-3H3,(H3,15,16,17,18). The normalized spacial score (nSPS) is 24.6. The largest absolute Gasteiger partial charge is 0.392 e. The number of nitrogen functional groups attached to an aromatic ring is 1. The zero-order valence-electron chi connectivity index (χ0n) is 12.0. The van der Waals surface area contributed by atoms with Gasteiger partial charge in [-0.3, -0.25) is 0 Å². The molecule has 0 spiro atoms. The van der Waals surface area contributed by atoms with Crippen molar-refractivity contribution >= 4 is 33.3 Å². The van der Waals surface area contributed by atoms with E-state index in [-0.39, 0.29) is 17.6 Å². The van der Waals surface area contributed by atoms with Crippen LogP contribution in [0.25, 0.3) is 10.2 Å². The highest BCUT2D eigenvalue weighted by Crippen LogP contribution is 2.43. The van der Waals surface area contributed by atoms with Gasteiger partial charge in [-0.1, -0.05) is 20.8 Å². The molecule has 0 bridgehead atoms. The number of hydrogen-bond acceptors (Lipinski definition) is 6. The Bertz CT molecular complexity index is 652. The molecule has 108 valence electrons. The Labute approximate surface area is 122 Å². The van der Waals surface area contributed by atoms with Gasteiger partial charge < -0.3 is 16.2 Å². The molecule has 20 heavy (non-hydrogen) atoms. The van der Waals surface area contributed by atoms with E-state index in [1.165, 1.54) is 4.88 Å². The molecule has 2 aromatic rings. The van der Waals surface area contributed by atoms with Gasteiger partial charge in [-0.2, -0.15) is 4.98 Å². The van der Waals surface area contributed by atoms with Gasteiger partial charge in [0.15, 0.2) is 0 Å². The maximum absolute atomic E-state index is 9.84. The van der Waals surface area contributed by atoms with Gasteiger partial charge in [0.2, 0.25) is 5.95 Å². The third kappa shape index (κ3) is 2.03. The summed E-state index contributed by atoms with van der Waals surface area (Å²) >= 11 is 1.66. The number of aryl methyl sites for hydroxylation is 1. The van der Waals surface area contributed by atoms with Crippen LogP contribution < -0.4 is 11.1 Å². The first-order chi connectivity index (χ1) is 9.41. The maximum atomic E-state index is 9.84. The van der Waals surface area contributed by atoms with Crippen molar-refractivity contribution in [2.75, 3.05) is 11.1 Å². The number of anilines is 2. The molecule has 3 rings (SSSR count). The van der Waals surface area contributed by atoms with E-state index in [1.807, 2.05) is 0 Å². The number of thiophene rings is 1. The number of rotatable bonds is 3. The van der Waals surface area contributed by atoms with Crippen LogP contribution in [0.5, 0.6) is 0 Å². The van der Waals surface area contributed by atoms with E-state index in [1.54, 1.807) is 11.3 Å². The second-order valence-corrected chi connectivity index (χ2v) is 7.10. The average molecular weight is 292 g/mol. The van der Waals surface area contributed by atoms with Crippen LogP contribution in [0, 0.1) is 5.41 Å². The number of aromatic nitrogens is 2. The lowest BCUT2D eigenvalue weighted by Crippen LogP contribution is -2.57. The van der Waals surface area contributed by atoms with E-state index in [0.717, 1.165) is 28.9 Å². The first kappa shape index (κ1) is 13.6. The molecule has 1 aliphatic rings. The van der Waals surface area contributed by atoms with Crippen LogP contribution in [0.3, 0.4) is 0 Å². The fourth-order valence-corrected chi connectivity index (χ4v) is 3.56. The number of aliphatic hydroxyl groups is 1. The molecule has 0 saturated heterocycles. The molecule has 1 fully saturated rings. The van der Waals surface area contributed by atoms with Crippen molar-refractivity contribution in [3.05, 3.63) is 10.9 Å². The van der Waals surface area contributed by atoms with Gasteiger partial charge in [0.1, 0.15) is 10.6 Å². The maximum Gasteiger partial charge on any atom is 0.223 e. The van der Waals surface area contributed by atoms with Gasteiger partial charge >= 0.3 is 0 Å². The monoisotopic (exact) mass is 292 g/mol. The number of fused-ring (bicyclic) bond motifs is 1. The number of nitrogens with zero attached hydrogens (tertiary/aromatic N) is 2. The fraction of sp³-hybridized carbons (Fsp3) is 0.571. The van der Waals surface area contributed by atoms with Crippen LogP contribution in [0.2, 0.25) is 0 Å². The zero-order chi connectivity index (χ0) is 14.5. The van der Waals surface area contributed by atoms with Gasteiger partial charge in [0, 0.05) is 16.3 Å². The second-order valence-electron chi connectivity index (χ2n) is 5.99. The predicted octanol–water partition coefficient (Wildman–Crippen LogP) is 2.41. The Balaban J connectivity index is 1.97. The van der Waals surface area contributed by atoms with Crippen LogP contribution in [0.1, 0.15) is 32.1 Å². The van der Waals surface area contributed by atoms with Crippen LogP contribution in [-0.2, 0) is 6.42 Å². The third-order valence-corrected chi connectivity index (χ3v) is 5.51. The quantitative estimate of drug-likeness (QED) is 0.809. The van der Waals surface area contributed by atoms with E-state index < -0.39 is 0 Å². The smallest absolute Gasteiger partial charge is 0.223 e. The Morgan fingerprint density at radius 2 is 2.25 bits per heavy atom. The van der Waals surface area contributed by atoms with E-state index in [4.69, 9.17) is 5.73 Å². The van der Waals surface area contributed by atoms with Crippen molar-refractivity contribution in [2.24, 2.45) is 5.41 Å². The van der Waals surface area contributed by atoms with Crippen LogP contribution >= 0.6 is 11.3 Å². The van der Waals surface area contributed by atoms with E-state index in [2.05, 4.69) is 42.1 Å². The number of hydrogen-bond donors (Lipinski definition) is 3. The lowest BCUT2D eigenvalue weighted by molar-refractivity contribution is -0.0511. The van der Waals surface area contributed by atoms with Crippen LogP contribution in [0.15, 0.2) is 6.07 Å². The molecule has 2 unspecified atom stereocenters. The number of aliphatic hydroxyl groups excluding tert-OH is 1. The molecule has 1 saturated carbocycles. The number of nitrogens with one attached hydrogen (secondary N) is 1. The Hall–Kier alpha value is -1.40. The molecule has 2 heterocycles. The summed E-state index contributed by atoms with van der Waals surface area (Å²) in [5, 5.41) is 14.3. The van der Waals surface area contributed by atoms with E-state index in [9.17, 15) is 5.11 Å². The molecule has 2 aromatic heterocycles. The van der Waals surface area contributed by atoms with Crippen molar-refractivity contribution in [1.82, 2.24) is 9.97 Å². The topological polar surface area (TPSA) is 84.1 Å². The highest BCUT2D eigenvalue weighted by atomic mass is 32.1. The first-order valence-corrected chi connectivity index (χ1v) is 7.74. The summed E-state index contributed by atoms with van der Waals surface area (Å²) in [6.07, 6.45) is 1.46. The van der Waals surface area contributed by atoms with Crippen molar-refractivity contribution in [3.8, 4) is 0 Å². The SMILES string of the molecule is CCc1cc2c(NC3CC(O)C3(C)C)nc(N)nc2s1. The summed E-state index contributed by atoms with van der Waals surface area (Å²) in [6, 6.07) is 2.34. The number of nitrogens with two attached hydrogens (primary N) is 1. The third-order valence-electron chi connectivity index (χ3n) is 4.34. The van der Waals surface area contributed by atoms with Crippen molar-refractivity contribution in [3.63, 3.8) is 0 Å². The van der Waals surface area contributed by atoms with Crippen molar-refractivity contribution in [2.45, 2.75) is 45.8 Å². The molecule has 2 atom stereocenters. The zero-order valence-corrected chi connectivity index (χ0v) is 12.8. The highest BCUT2D eigenvalue weighted by molar-refractivity contribution is 7.18. The molecule has 0 amide bonds. The molecule has 0 aliphatic heterocycles. The molecular weight excluding hydrogens is 272 g/mol. The molecule has 0 radical (unpaired) electrons. The summed E-state index contributed by atoms with van der Waals surface area (Å²) in [6.45, 7) is 6.25. The molecule has 5 nitrogen and oxygen atoms in total. The Morgan fingerprint density at radius 3 is 2.85 bits per heavy atom. The lowest BCUT2D eigenvalue weighted by atomic mass is 9.64. The van der Waals surface area contributed by atoms with Gasteiger partial charge in [0.25, 0.3) is 0 Å². The van der Waals surface area contributed by atoms with Crippen LogP contribution in [0.4, 0.5) is 11.8 Å². The summed E-state index contributed by atoms with van der Waals surface area (Å²) in [7, 11) is 0. The van der Waals surface area contributed by atoms with Crippen molar-refractivity contribution in [1.29, 1.82) is 0 Å². The molecule has 0 aromatic carbocycles. The second kappa shape index (κ2) is 4.56. The molecular formula is C14H20N4OS. The van der Waals surface area contributed by atoms with Crippen molar-refractivity contribution < 1.29 is 5.11 Å². The van der Waals surface area contributed by atoms with Gasteiger partial charge in [-0.05, 0) is 18.9 Å². The fourth-order valence-electron chi connectivity index (χ4n) is 2.58. The van der Waals surface area contributed by atoms with E-state index in [0.29, 0.717) is 5.95 Å². The average Bonchev–Trinajstić information content (AvgIpc) is 2.81. The molecule has 1 aliphatic carbocycles. The van der Waals surface area contributed by atoms with Gasteiger partial charge in [0.05, 0.1) is 11.5 Å². The summed E-state index contributed by atoms with van der Waals surface area (Å²) in [5.74, 6) is 1.08. The predicted molar refractivity (Wildman–Crippen MR) is 83.0 cm³/mol. The van der Waals surface area contributed by atoms with Crippen LogP contribution in [-0.4, -0.2) is 27.2 Å². The summed E-state index contributed by atoms with van der Waals surface area (Å²) < 4.78 is 0. The molecule has 6 heteroatoms. The Morgan fingerprint density at radius 1 is 1.50 bits per heavy atom. The first-order valence-electron chi connectivity index (χ1n) is 6.92. The van der Waals surface area contributed by atoms with Gasteiger partial charge in [-0.15, -0.1) is 11.3 Å². The minimum atomic E-state index is -0.261. The molecule has 4 N–H and O–H groups in total. The highest BCUT2D eigenvalue weighted by Gasteiger charge is 2.47. The minimum Gasteiger partial charge on any atom is -0.392 e.